The summed E-state index contributed by atoms with van der Waals surface area (Å²) < 4.78 is 47.5. The molecular formula is C20H26F3N3O. The van der Waals surface area contributed by atoms with Crippen molar-refractivity contribution in [3.8, 4) is 0 Å². The SMILES string of the molecule is FC(F)(F)c1nc2ccccc2n1C1CCN(CCC2CCOCC2)CC1. The lowest BCUT2D eigenvalue weighted by atomic mass is 9.95. The van der Waals surface area contributed by atoms with Crippen molar-refractivity contribution in [2.45, 2.75) is 44.3 Å². The minimum absolute atomic E-state index is 0.145. The van der Waals surface area contributed by atoms with Crippen molar-refractivity contribution in [2.75, 3.05) is 32.8 Å². The Labute approximate surface area is 157 Å². The van der Waals surface area contributed by atoms with Crippen LogP contribution in [0.25, 0.3) is 11.0 Å². The van der Waals surface area contributed by atoms with Gasteiger partial charge in [-0.1, -0.05) is 12.1 Å². The van der Waals surface area contributed by atoms with E-state index in [9.17, 15) is 13.2 Å². The summed E-state index contributed by atoms with van der Waals surface area (Å²) in [7, 11) is 0. The van der Waals surface area contributed by atoms with E-state index in [1.807, 2.05) is 0 Å². The average molecular weight is 381 g/mol. The van der Waals surface area contributed by atoms with Gasteiger partial charge < -0.3 is 14.2 Å². The molecule has 0 aliphatic carbocycles. The third-order valence-electron chi connectivity index (χ3n) is 5.97. The quantitative estimate of drug-likeness (QED) is 0.781. The molecule has 2 fully saturated rings. The van der Waals surface area contributed by atoms with E-state index in [-0.39, 0.29) is 6.04 Å². The monoisotopic (exact) mass is 381 g/mol. The number of benzene rings is 1. The van der Waals surface area contributed by atoms with Crippen LogP contribution in [0.15, 0.2) is 24.3 Å². The number of imidazole rings is 1. The first-order valence-corrected chi connectivity index (χ1v) is 9.86. The highest BCUT2D eigenvalue weighted by Crippen LogP contribution is 2.36. The zero-order valence-electron chi connectivity index (χ0n) is 15.4. The number of likely N-dealkylation sites (tertiary alicyclic amines) is 1. The maximum atomic E-state index is 13.5. The smallest absolute Gasteiger partial charge is 0.381 e. The highest BCUT2D eigenvalue weighted by atomic mass is 19.4. The predicted molar refractivity (Wildman–Crippen MR) is 97.6 cm³/mol. The first-order valence-electron chi connectivity index (χ1n) is 9.86. The number of para-hydroxylation sites is 2. The average Bonchev–Trinajstić information content (AvgIpc) is 3.08. The third kappa shape index (κ3) is 4.14. The molecule has 2 aromatic rings. The zero-order chi connectivity index (χ0) is 18.9. The largest absolute Gasteiger partial charge is 0.449 e. The molecule has 4 rings (SSSR count). The molecule has 2 aliphatic rings. The van der Waals surface area contributed by atoms with Crippen molar-refractivity contribution < 1.29 is 17.9 Å². The van der Waals surface area contributed by atoms with Crippen LogP contribution in [0.2, 0.25) is 0 Å². The molecule has 4 nitrogen and oxygen atoms in total. The van der Waals surface area contributed by atoms with Crippen molar-refractivity contribution in [1.82, 2.24) is 14.5 Å². The number of rotatable bonds is 4. The Morgan fingerprint density at radius 1 is 1.04 bits per heavy atom. The number of fused-ring (bicyclic) bond motifs is 1. The van der Waals surface area contributed by atoms with Crippen molar-refractivity contribution in [1.29, 1.82) is 0 Å². The molecule has 0 bridgehead atoms. The number of ether oxygens (including phenoxy) is 1. The van der Waals surface area contributed by atoms with Gasteiger partial charge in [-0.15, -0.1) is 0 Å². The predicted octanol–water partition coefficient (Wildman–Crippen LogP) is 4.51. The van der Waals surface area contributed by atoms with Gasteiger partial charge in [-0.05, 0) is 56.7 Å². The van der Waals surface area contributed by atoms with Gasteiger partial charge in [0.1, 0.15) is 0 Å². The Balaban J connectivity index is 1.43. The number of piperidine rings is 1. The molecule has 0 spiro atoms. The fourth-order valence-electron chi connectivity index (χ4n) is 4.42. The van der Waals surface area contributed by atoms with Crippen LogP contribution < -0.4 is 0 Å². The number of alkyl halides is 3. The molecule has 0 atom stereocenters. The topological polar surface area (TPSA) is 30.3 Å². The molecule has 3 heterocycles. The molecule has 1 aromatic carbocycles. The van der Waals surface area contributed by atoms with E-state index in [0.717, 1.165) is 70.9 Å². The van der Waals surface area contributed by atoms with Gasteiger partial charge in [0.05, 0.1) is 11.0 Å². The second-order valence-corrected chi connectivity index (χ2v) is 7.71. The fraction of sp³-hybridized carbons (Fsp3) is 0.650. The van der Waals surface area contributed by atoms with Crippen molar-refractivity contribution in [3.63, 3.8) is 0 Å². The van der Waals surface area contributed by atoms with Gasteiger partial charge in [0.15, 0.2) is 0 Å². The minimum atomic E-state index is -4.43. The molecule has 0 unspecified atom stereocenters. The summed E-state index contributed by atoms with van der Waals surface area (Å²) in [6, 6.07) is 6.77. The first-order chi connectivity index (χ1) is 13.0. The van der Waals surface area contributed by atoms with E-state index in [4.69, 9.17) is 4.74 Å². The molecule has 1 aromatic heterocycles. The van der Waals surface area contributed by atoms with E-state index >= 15 is 0 Å². The van der Waals surface area contributed by atoms with E-state index in [1.54, 1.807) is 24.3 Å². The molecule has 148 valence electrons. The highest BCUT2D eigenvalue weighted by Gasteiger charge is 2.39. The Hall–Kier alpha value is -1.60. The maximum Gasteiger partial charge on any atom is 0.449 e. The summed E-state index contributed by atoms with van der Waals surface area (Å²) in [4.78, 5) is 6.29. The summed E-state index contributed by atoms with van der Waals surface area (Å²) in [6.45, 7) is 4.45. The van der Waals surface area contributed by atoms with Crippen LogP contribution in [0.4, 0.5) is 13.2 Å². The van der Waals surface area contributed by atoms with E-state index in [1.165, 1.54) is 4.57 Å². The molecule has 0 radical (unpaired) electrons. The Kier molecular flexibility index (Phi) is 5.41. The second kappa shape index (κ2) is 7.80. The standard InChI is InChI=1S/C20H26F3N3O/c21-20(22,23)19-24-17-3-1-2-4-18(17)26(19)16-6-11-25(12-7-16)10-5-15-8-13-27-14-9-15/h1-4,15-16H,5-14H2. The number of nitrogens with zero attached hydrogens (tertiary/aromatic N) is 3. The van der Waals surface area contributed by atoms with Crippen LogP contribution in [0, 0.1) is 5.92 Å². The summed E-state index contributed by atoms with van der Waals surface area (Å²) in [5.74, 6) is -0.0322. The zero-order valence-corrected chi connectivity index (χ0v) is 15.4. The molecule has 2 saturated heterocycles. The normalized spacial score (nSPS) is 21.1. The van der Waals surface area contributed by atoms with Gasteiger partial charge in [0, 0.05) is 32.3 Å². The summed E-state index contributed by atoms with van der Waals surface area (Å²) in [6.07, 6.45) is 0.461. The molecule has 0 saturated carbocycles. The lowest BCUT2D eigenvalue weighted by Crippen LogP contribution is -2.37. The third-order valence-corrected chi connectivity index (χ3v) is 5.97. The van der Waals surface area contributed by atoms with Crippen LogP contribution in [0.1, 0.15) is 44.0 Å². The summed E-state index contributed by atoms with van der Waals surface area (Å²) in [5, 5.41) is 0. The van der Waals surface area contributed by atoms with Gasteiger partial charge >= 0.3 is 6.18 Å². The van der Waals surface area contributed by atoms with Crippen molar-refractivity contribution in [2.24, 2.45) is 5.92 Å². The molecular weight excluding hydrogens is 355 g/mol. The summed E-state index contributed by atoms with van der Waals surface area (Å²) in [5.41, 5.74) is 1.01. The van der Waals surface area contributed by atoms with Gasteiger partial charge in [0.2, 0.25) is 5.82 Å². The second-order valence-electron chi connectivity index (χ2n) is 7.71. The number of aromatic nitrogens is 2. The lowest BCUT2D eigenvalue weighted by Gasteiger charge is -2.34. The number of hydrogen-bond donors (Lipinski definition) is 0. The van der Waals surface area contributed by atoms with Crippen molar-refractivity contribution in [3.05, 3.63) is 30.1 Å². The molecule has 7 heteroatoms. The molecule has 0 N–H and O–H groups in total. The van der Waals surface area contributed by atoms with Crippen LogP contribution in [-0.2, 0) is 10.9 Å². The van der Waals surface area contributed by atoms with E-state index in [0.29, 0.717) is 11.0 Å². The van der Waals surface area contributed by atoms with E-state index in [2.05, 4.69) is 9.88 Å². The maximum absolute atomic E-state index is 13.5. The van der Waals surface area contributed by atoms with Crippen LogP contribution in [0.3, 0.4) is 0 Å². The molecule has 0 amide bonds. The molecule has 27 heavy (non-hydrogen) atoms. The lowest BCUT2D eigenvalue weighted by molar-refractivity contribution is -0.147. The Morgan fingerprint density at radius 3 is 2.44 bits per heavy atom. The highest BCUT2D eigenvalue weighted by molar-refractivity contribution is 5.76. The van der Waals surface area contributed by atoms with Gasteiger partial charge in [-0.3, -0.25) is 0 Å². The Morgan fingerprint density at radius 2 is 1.74 bits per heavy atom. The van der Waals surface area contributed by atoms with Gasteiger partial charge in [-0.25, -0.2) is 4.98 Å². The van der Waals surface area contributed by atoms with Crippen LogP contribution >= 0.6 is 0 Å². The van der Waals surface area contributed by atoms with Crippen LogP contribution in [-0.4, -0.2) is 47.3 Å². The summed E-state index contributed by atoms with van der Waals surface area (Å²) >= 11 is 0. The molecule has 2 aliphatic heterocycles. The fourth-order valence-corrected chi connectivity index (χ4v) is 4.42. The van der Waals surface area contributed by atoms with Crippen LogP contribution in [0.5, 0.6) is 0 Å². The van der Waals surface area contributed by atoms with Gasteiger partial charge in [0.25, 0.3) is 0 Å². The first kappa shape index (κ1) is 18.7. The number of halogens is 3. The van der Waals surface area contributed by atoms with Crippen molar-refractivity contribution >= 4 is 11.0 Å². The van der Waals surface area contributed by atoms with E-state index < -0.39 is 12.0 Å². The number of hydrogen-bond acceptors (Lipinski definition) is 3. The minimum Gasteiger partial charge on any atom is -0.381 e. The van der Waals surface area contributed by atoms with Gasteiger partial charge in [-0.2, -0.15) is 13.2 Å². The Bertz CT molecular complexity index is 759.